The molecule has 1 aromatic carbocycles. The first-order chi connectivity index (χ1) is 10.0. The highest BCUT2D eigenvalue weighted by molar-refractivity contribution is 7.17. The standard InChI is InChI=1S/C18H23NOS/c1-13-6-5-10-18(12-13,19(2)3)17(20)15-8-4-7-14-9-11-21-16(14)15/h4,7-9,11,13H,5-6,10,12H2,1-3H3. The quantitative estimate of drug-likeness (QED) is 0.773. The van der Waals surface area contributed by atoms with Gasteiger partial charge in [-0.1, -0.05) is 31.9 Å². The van der Waals surface area contributed by atoms with Gasteiger partial charge in [0.1, 0.15) is 0 Å². The van der Waals surface area contributed by atoms with Gasteiger partial charge in [-0.2, -0.15) is 0 Å². The van der Waals surface area contributed by atoms with Gasteiger partial charge in [0.15, 0.2) is 5.78 Å². The molecule has 2 nitrogen and oxygen atoms in total. The third-order valence-corrected chi connectivity index (χ3v) is 5.94. The van der Waals surface area contributed by atoms with Crippen molar-refractivity contribution >= 4 is 27.2 Å². The number of hydrogen-bond donors (Lipinski definition) is 0. The van der Waals surface area contributed by atoms with Gasteiger partial charge in [-0.25, -0.2) is 0 Å². The number of rotatable bonds is 3. The Morgan fingerprint density at radius 3 is 2.86 bits per heavy atom. The molecule has 0 aliphatic heterocycles. The number of likely N-dealkylation sites (N-methyl/N-ethyl adjacent to an activating group) is 1. The molecule has 0 bridgehead atoms. The fourth-order valence-electron chi connectivity index (χ4n) is 3.76. The lowest BCUT2D eigenvalue weighted by molar-refractivity contribution is 0.0488. The van der Waals surface area contributed by atoms with Crippen LogP contribution >= 0.6 is 11.3 Å². The summed E-state index contributed by atoms with van der Waals surface area (Å²) in [5, 5.41) is 3.26. The molecule has 1 heterocycles. The third-order valence-electron chi connectivity index (χ3n) is 4.98. The number of ketones is 1. The van der Waals surface area contributed by atoms with Gasteiger partial charge in [-0.3, -0.25) is 9.69 Å². The number of carbonyl (C=O) groups excluding carboxylic acids is 1. The molecule has 21 heavy (non-hydrogen) atoms. The van der Waals surface area contributed by atoms with Gasteiger partial charge < -0.3 is 0 Å². The highest BCUT2D eigenvalue weighted by Crippen LogP contribution is 2.39. The summed E-state index contributed by atoms with van der Waals surface area (Å²) in [6.07, 6.45) is 4.34. The molecule has 0 radical (unpaired) electrons. The van der Waals surface area contributed by atoms with Crippen LogP contribution in [0, 0.1) is 5.92 Å². The zero-order valence-electron chi connectivity index (χ0n) is 13.1. The summed E-state index contributed by atoms with van der Waals surface area (Å²) in [6.45, 7) is 2.27. The molecular formula is C18H23NOS. The van der Waals surface area contributed by atoms with E-state index in [0.717, 1.165) is 29.5 Å². The lowest BCUT2D eigenvalue weighted by atomic mass is 9.71. The summed E-state index contributed by atoms with van der Waals surface area (Å²) in [7, 11) is 4.12. The second-order valence-corrected chi connectivity index (χ2v) is 7.52. The van der Waals surface area contributed by atoms with Gasteiger partial charge in [-0.15, -0.1) is 11.3 Å². The molecular weight excluding hydrogens is 278 g/mol. The fraction of sp³-hybridized carbons (Fsp3) is 0.500. The summed E-state index contributed by atoms with van der Waals surface area (Å²) in [6, 6.07) is 8.21. The van der Waals surface area contributed by atoms with Gasteiger partial charge in [0.2, 0.25) is 0 Å². The van der Waals surface area contributed by atoms with Crippen molar-refractivity contribution in [3.05, 3.63) is 35.2 Å². The highest BCUT2D eigenvalue weighted by atomic mass is 32.1. The first kappa shape index (κ1) is 14.7. The number of hydrogen-bond acceptors (Lipinski definition) is 3. The molecule has 112 valence electrons. The van der Waals surface area contributed by atoms with Crippen molar-refractivity contribution in [2.45, 2.75) is 38.1 Å². The molecule has 1 saturated carbocycles. The Morgan fingerprint density at radius 2 is 2.14 bits per heavy atom. The van der Waals surface area contributed by atoms with Crippen LogP contribution in [-0.2, 0) is 0 Å². The van der Waals surface area contributed by atoms with Crippen LogP contribution in [0.2, 0.25) is 0 Å². The number of nitrogens with zero attached hydrogens (tertiary/aromatic N) is 1. The van der Waals surface area contributed by atoms with E-state index in [1.54, 1.807) is 11.3 Å². The maximum Gasteiger partial charge on any atom is 0.184 e. The van der Waals surface area contributed by atoms with Crippen LogP contribution in [0.15, 0.2) is 29.6 Å². The molecule has 3 rings (SSSR count). The van der Waals surface area contributed by atoms with Crippen molar-refractivity contribution < 1.29 is 4.79 Å². The van der Waals surface area contributed by atoms with E-state index in [2.05, 4.69) is 43.4 Å². The first-order valence-electron chi connectivity index (χ1n) is 7.73. The molecule has 3 heteroatoms. The van der Waals surface area contributed by atoms with Crippen LogP contribution in [0.3, 0.4) is 0 Å². The summed E-state index contributed by atoms with van der Waals surface area (Å²) in [5.41, 5.74) is 0.584. The summed E-state index contributed by atoms with van der Waals surface area (Å²) >= 11 is 1.68. The Balaban J connectivity index is 2.08. The summed E-state index contributed by atoms with van der Waals surface area (Å²) in [5.74, 6) is 0.930. The molecule has 1 fully saturated rings. The van der Waals surface area contributed by atoms with E-state index in [-0.39, 0.29) is 5.54 Å². The van der Waals surface area contributed by atoms with Crippen molar-refractivity contribution in [2.75, 3.05) is 14.1 Å². The van der Waals surface area contributed by atoms with Crippen molar-refractivity contribution in [1.29, 1.82) is 0 Å². The predicted octanol–water partition coefficient (Wildman–Crippen LogP) is 4.59. The van der Waals surface area contributed by atoms with E-state index < -0.39 is 0 Å². The molecule has 1 aromatic heterocycles. The van der Waals surface area contributed by atoms with Crippen molar-refractivity contribution in [1.82, 2.24) is 4.90 Å². The molecule has 2 unspecified atom stereocenters. The predicted molar refractivity (Wildman–Crippen MR) is 90.2 cm³/mol. The zero-order chi connectivity index (χ0) is 15.0. The Kier molecular flexibility index (Phi) is 3.89. The molecule has 2 atom stereocenters. The molecule has 1 aliphatic rings. The first-order valence-corrected chi connectivity index (χ1v) is 8.61. The smallest absolute Gasteiger partial charge is 0.184 e. The minimum atomic E-state index is -0.323. The number of Topliss-reactive ketones (excluding diaryl/α,β-unsaturated/α-hetero) is 1. The van der Waals surface area contributed by atoms with E-state index in [4.69, 9.17) is 0 Å². The minimum absolute atomic E-state index is 0.312. The van der Waals surface area contributed by atoms with Crippen molar-refractivity contribution in [3.8, 4) is 0 Å². The number of fused-ring (bicyclic) bond motifs is 1. The van der Waals surface area contributed by atoms with E-state index in [1.165, 1.54) is 11.8 Å². The van der Waals surface area contributed by atoms with E-state index in [0.29, 0.717) is 11.7 Å². The van der Waals surface area contributed by atoms with Crippen LogP contribution in [-0.4, -0.2) is 30.3 Å². The van der Waals surface area contributed by atoms with Gasteiger partial charge in [0, 0.05) is 10.3 Å². The van der Waals surface area contributed by atoms with Gasteiger partial charge in [0.25, 0.3) is 0 Å². The summed E-state index contributed by atoms with van der Waals surface area (Å²) < 4.78 is 1.14. The monoisotopic (exact) mass is 301 g/mol. The maximum absolute atomic E-state index is 13.4. The average molecular weight is 301 g/mol. The zero-order valence-corrected chi connectivity index (χ0v) is 13.9. The van der Waals surface area contributed by atoms with Crippen LogP contribution in [0.5, 0.6) is 0 Å². The lowest BCUT2D eigenvalue weighted by Crippen LogP contribution is -2.53. The third kappa shape index (κ3) is 2.43. The SMILES string of the molecule is CC1CCCC(C(=O)c2cccc3ccsc23)(N(C)C)C1. The summed E-state index contributed by atoms with van der Waals surface area (Å²) in [4.78, 5) is 15.5. The van der Waals surface area contributed by atoms with Crippen LogP contribution < -0.4 is 0 Å². The molecule has 0 amide bonds. The van der Waals surface area contributed by atoms with Gasteiger partial charge in [0.05, 0.1) is 5.54 Å². The normalized spacial score (nSPS) is 26.4. The van der Waals surface area contributed by atoms with Gasteiger partial charge >= 0.3 is 0 Å². The molecule has 2 aromatic rings. The Hall–Kier alpha value is -1.19. The number of thiophene rings is 1. The maximum atomic E-state index is 13.4. The largest absolute Gasteiger partial charge is 0.297 e. The van der Waals surface area contributed by atoms with Crippen LogP contribution in [0.4, 0.5) is 0 Å². The lowest BCUT2D eigenvalue weighted by Gasteiger charge is -2.44. The minimum Gasteiger partial charge on any atom is -0.297 e. The number of benzene rings is 1. The fourth-order valence-corrected chi connectivity index (χ4v) is 4.67. The topological polar surface area (TPSA) is 20.3 Å². The second kappa shape index (κ2) is 5.54. The Bertz CT molecular complexity index is 660. The average Bonchev–Trinajstić information content (AvgIpc) is 2.94. The second-order valence-electron chi connectivity index (χ2n) is 6.60. The molecule has 0 saturated heterocycles. The van der Waals surface area contributed by atoms with Gasteiger partial charge in [-0.05, 0) is 55.8 Å². The Morgan fingerprint density at radius 1 is 1.33 bits per heavy atom. The van der Waals surface area contributed by atoms with Crippen LogP contribution in [0.25, 0.3) is 10.1 Å². The molecule has 0 spiro atoms. The van der Waals surface area contributed by atoms with E-state index >= 15 is 0 Å². The molecule has 1 aliphatic carbocycles. The van der Waals surface area contributed by atoms with E-state index in [1.807, 2.05) is 12.1 Å². The number of carbonyl (C=O) groups is 1. The van der Waals surface area contributed by atoms with Crippen molar-refractivity contribution in [3.63, 3.8) is 0 Å². The Labute approximate surface area is 130 Å². The molecule has 0 N–H and O–H groups in total. The van der Waals surface area contributed by atoms with Crippen LogP contribution in [0.1, 0.15) is 43.0 Å². The highest BCUT2D eigenvalue weighted by Gasteiger charge is 2.44. The van der Waals surface area contributed by atoms with E-state index in [9.17, 15) is 4.79 Å². The van der Waals surface area contributed by atoms with Crippen molar-refractivity contribution in [2.24, 2.45) is 5.92 Å².